The normalized spacial score (nSPS) is 14.0. The number of nitrogens with zero attached hydrogens (tertiary/aromatic N) is 4. The Bertz CT molecular complexity index is 5990. The molecule has 0 unspecified atom stereocenters. The average Bonchev–Trinajstić information content (AvgIpc) is 1.62. The number of fused-ring (bicyclic) bond motifs is 14. The van der Waals surface area contributed by atoms with E-state index in [0.717, 1.165) is 45.5 Å². The van der Waals surface area contributed by atoms with E-state index in [1.165, 1.54) is 181 Å². The SMILES string of the molecule is CC1(C)c2cc(-c3ccc4c(c3)CC4)ccc2-c2ccc(N(c3ccc(-c4ccc5c(c4)c4ccccc4n5-c4ccccc4)cc3)c3ccc(N(c4ccc(-c5ccc6c(c5)c5ccccc5n6-c5ccccc5)cc4)c4ccc5c(c4)C(C)(C)c4cc(-c6ccc7c(c6)CC7)ccc4-5)cc3)cc21. The zero-order valence-electron chi connectivity index (χ0n) is 58.8. The summed E-state index contributed by atoms with van der Waals surface area (Å²) in [5, 5.41) is 4.97. The summed E-state index contributed by atoms with van der Waals surface area (Å²) >= 11 is 0. The van der Waals surface area contributed by atoms with Crippen LogP contribution >= 0.6 is 0 Å². The van der Waals surface area contributed by atoms with E-state index in [1.807, 2.05) is 0 Å². The van der Waals surface area contributed by atoms with Crippen LogP contribution in [0.3, 0.4) is 0 Å². The van der Waals surface area contributed by atoms with Gasteiger partial charge in [0.2, 0.25) is 0 Å². The molecule has 4 nitrogen and oxygen atoms in total. The van der Waals surface area contributed by atoms with Crippen molar-refractivity contribution in [1.82, 2.24) is 9.13 Å². The molecule has 2 heterocycles. The zero-order valence-corrected chi connectivity index (χ0v) is 58.8. The van der Waals surface area contributed by atoms with Crippen LogP contribution in [0.15, 0.2) is 328 Å². The molecule has 21 rings (SSSR count). The van der Waals surface area contributed by atoms with Crippen LogP contribution in [0.2, 0.25) is 0 Å². The molecule has 0 radical (unpaired) electrons. The predicted octanol–water partition coefficient (Wildman–Crippen LogP) is 26.3. The van der Waals surface area contributed by atoms with Crippen LogP contribution in [0.1, 0.15) is 72.2 Å². The summed E-state index contributed by atoms with van der Waals surface area (Å²) in [6.45, 7) is 9.67. The maximum atomic E-state index is 2.48. The summed E-state index contributed by atoms with van der Waals surface area (Å²) in [6, 6.07) is 124. The van der Waals surface area contributed by atoms with E-state index in [-0.39, 0.29) is 10.8 Å². The number of benzene rings is 15. The molecular formula is C100H74N4. The van der Waals surface area contributed by atoms with Gasteiger partial charge in [-0.2, -0.15) is 0 Å². The van der Waals surface area contributed by atoms with Crippen molar-refractivity contribution in [3.05, 3.63) is 372 Å². The Morgan fingerprint density at radius 2 is 0.510 bits per heavy atom. The number of hydrogen-bond donors (Lipinski definition) is 0. The van der Waals surface area contributed by atoms with Crippen LogP contribution in [-0.2, 0) is 36.5 Å². The second-order valence-corrected chi connectivity index (χ2v) is 30.3. The van der Waals surface area contributed by atoms with Crippen molar-refractivity contribution in [2.45, 2.75) is 64.2 Å². The smallest absolute Gasteiger partial charge is 0.0541 e. The molecule has 0 saturated heterocycles. The quantitative estimate of drug-likeness (QED) is 0.121. The Labute approximate surface area is 607 Å². The third-order valence-corrected chi connectivity index (χ3v) is 23.9. The van der Waals surface area contributed by atoms with Crippen molar-refractivity contribution in [1.29, 1.82) is 0 Å². The highest BCUT2D eigenvalue weighted by atomic mass is 15.2. The van der Waals surface area contributed by atoms with Gasteiger partial charge in [-0.3, -0.25) is 0 Å². The molecule has 0 atom stereocenters. The molecule has 0 N–H and O–H groups in total. The van der Waals surface area contributed by atoms with Crippen LogP contribution in [0.4, 0.5) is 34.1 Å². The topological polar surface area (TPSA) is 16.3 Å². The molecule has 0 amide bonds. The Morgan fingerprint density at radius 3 is 0.894 bits per heavy atom. The van der Waals surface area contributed by atoms with Crippen LogP contribution in [-0.4, -0.2) is 9.13 Å². The van der Waals surface area contributed by atoms with Gasteiger partial charge in [-0.05, 0) is 283 Å². The van der Waals surface area contributed by atoms with Gasteiger partial charge < -0.3 is 18.9 Å². The summed E-state index contributed by atoms with van der Waals surface area (Å²) in [7, 11) is 0. The minimum atomic E-state index is -0.250. The monoisotopic (exact) mass is 1330 g/mol. The first-order valence-corrected chi connectivity index (χ1v) is 36.9. The van der Waals surface area contributed by atoms with E-state index in [4.69, 9.17) is 0 Å². The Kier molecular flexibility index (Phi) is 13.3. The molecule has 0 aliphatic heterocycles. The fourth-order valence-corrected chi connectivity index (χ4v) is 18.1. The van der Waals surface area contributed by atoms with Gasteiger partial charge in [0.05, 0.1) is 22.1 Å². The van der Waals surface area contributed by atoms with Gasteiger partial charge in [0.25, 0.3) is 0 Å². The van der Waals surface area contributed by atoms with Crippen LogP contribution in [0.25, 0.3) is 122 Å². The number of aromatic nitrogens is 2. The van der Waals surface area contributed by atoms with Crippen LogP contribution in [0, 0.1) is 0 Å². The molecule has 0 bridgehead atoms. The van der Waals surface area contributed by atoms with Gasteiger partial charge in [0, 0.05) is 77.9 Å². The standard InChI is InChI=1S/C100H74N4/c1-99(2)91-59-73(69-29-25-63-23-27-67(63)55-69)35-49-83(91)85-51-47-81(61-93(85)99)101(77-39-31-65(32-40-77)71-37-53-97-89(57-71)87-19-11-13-21-95(87)103(97)75-15-7-5-8-16-75)79-43-45-80(46-44-79)102(82-48-52-86-84-50-36-74(60-92(84)100(3,4)94(86)62-82)70-30-26-64-24-28-68(64)56-70)78-41-33-66(34-42-78)72-38-54-98-90(58-72)88-20-12-14-22-96(88)104(98)76-17-9-6-10-18-76/h5-22,25-26,29-62H,23-24,27-28H2,1-4H3. The maximum absolute atomic E-state index is 2.48. The van der Waals surface area contributed by atoms with E-state index in [1.54, 1.807) is 0 Å². The Balaban J connectivity index is 0.680. The first-order chi connectivity index (χ1) is 51.0. The average molecular weight is 1330 g/mol. The number of para-hydroxylation sites is 4. The molecule has 494 valence electrons. The highest BCUT2D eigenvalue weighted by Crippen LogP contribution is 2.55. The van der Waals surface area contributed by atoms with Crippen molar-refractivity contribution in [3.8, 4) is 78.1 Å². The predicted molar refractivity (Wildman–Crippen MR) is 436 cm³/mol. The van der Waals surface area contributed by atoms with Gasteiger partial charge >= 0.3 is 0 Å². The third kappa shape index (κ3) is 9.37. The molecule has 0 spiro atoms. The summed E-state index contributed by atoms with van der Waals surface area (Å²) in [4.78, 5) is 4.93. The van der Waals surface area contributed by atoms with E-state index < -0.39 is 0 Å². The van der Waals surface area contributed by atoms with E-state index in [9.17, 15) is 0 Å². The zero-order chi connectivity index (χ0) is 69.1. The van der Waals surface area contributed by atoms with Gasteiger partial charge in [0.1, 0.15) is 0 Å². The lowest BCUT2D eigenvalue weighted by atomic mass is 9.81. The molecule has 4 aliphatic carbocycles. The summed E-state index contributed by atoms with van der Waals surface area (Å²) < 4.78 is 4.78. The minimum Gasteiger partial charge on any atom is -0.310 e. The fourth-order valence-electron chi connectivity index (χ4n) is 18.1. The van der Waals surface area contributed by atoms with E-state index >= 15 is 0 Å². The van der Waals surface area contributed by atoms with Crippen molar-refractivity contribution in [3.63, 3.8) is 0 Å². The molecule has 0 fully saturated rings. The molecule has 104 heavy (non-hydrogen) atoms. The van der Waals surface area contributed by atoms with E-state index in [2.05, 4.69) is 374 Å². The maximum Gasteiger partial charge on any atom is 0.0541 e. The molecule has 2 aromatic heterocycles. The Morgan fingerprint density at radius 1 is 0.221 bits per heavy atom. The van der Waals surface area contributed by atoms with Gasteiger partial charge in [-0.15, -0.1) is 0 Å². The number of aryl methyl sites for hydroxylation is 4. The third-order valence-electron chi connectivity index (χ3n) is 23.9. The molecule has 0 saturated carbocycles. The minimum absolute atomic E-state index is 0.250. The van der Waals surface area contributed by atoms with Crippen molar-refractivity contribution in [2.75, 3.05) is 9.80 Å². The second kappa shape index (κ2) is 23.0. The summed E-state index contributed by atoms with van der Waals surface area (Å²) in [6.07, 6.45) is 4.71. The van der Waals surface area contributed by atoms with Crippen LogP contribution < -0.4 is 9.80 Å². The first kappa shape index (κ1) is 60.3. The lowest BCUT2D eigenvalue weighted by molar-refractivity contribution is 0.660. The van der Waals surface area contributed by atoms with Crippen LogP contribution in [0.5, 0.6) is 0 Å². The molecule has 4 heteroatoms. The van der Waals surface area contributed by atoms with Crippen molar-refractivity contribution in [2.24, 2.45) is 0 Å². The highest BCUT2D eigenvalue weighted by molar-refractivity contribution is 6.12. The van der Waals surface area contributed by atoms with E-state index in [0.29, 0.717) is 0 Å². The van der Waals surface area contributed by atoms with Gasteiger partial charge in [-0.25, -0.2) is 0 Å². The van der Waals surface area contributed by atoms with Gasteiger partial charge in [-0.1, -0.05) is 210 Å². The largest absolute Gasteiger partial charge is 0.310 e. The molecule has 15 aromatic carbocycles. The lowest BCUT2D eigenvalue weighted by Crippen LogP contribution is -2.17. The summed E-state index contributed by atoms with van der Waals surface area (Å²) in [5.74, 6) is 0. The van der Waals surface area contributed by atoms with Gasteiger partial charge in [0.15, 0.2) is 0 Å². The molecular weight excluding hydrogens is 1260 g/mol. The number of rotatable bonds is 12. The fraction of sp³-hybridized carbons (Fsp3) is 0.100. The molecule has 4 aliphatic rings. The Hall–Kier alpha value is -12.5. The number of hydrogen-bond acceptors (Lipinski definition) is 2. The first-order valence-electron chi connectivity index (χ1n) is 36.9. The molecule has 17 aromatic rings. The van der Waals surface area contributed by atoms with Crippen molar-refractivity contribution >= 4 is 77.7 Å². The lowest BCUT2D eigenvalue weighted by Gasteiger charge is -2.30. The second-order valence-electron chi connectivity index (χ2n) is 30.3. The van der Waals surface area contributed by atoms with Crippen molar-refractivity contribution < 1.29 is 0 Å². The number of anilines is 6. The highest BCUT2D eigenvalue weighted by Gasteiger charge is 2.39. The summed E-state index contributed by atoms with van der Waals surface area (Å²) in [5.41, 5.74) is 39.6.